The van der Waals surface area contributed by atoms with E-state index >= 15 is 0 Å². The lowest BCUT2D eigenvalue weighted by molar-refractivity contribution is -0.00720. The van der Waals surface area contributed by atoms with Gasteiger partial charge in [-0.3, -0.25) is 9.48 Å². The summed E-state index contributed by atoms with van der Waals surface area (Å²) in [5.41, 5.74) is 3.90. The molecule has 1 fully saturated rings. The molecule has 2 atom stereocenters. The smallest absolute Gasteiger partial charge is 0.272 e. The fourth-order valence-electron chi connectivity index (χ4n) is 3.89. The summed E-state index contributed by atoms with van der Waals surface area (Å²) in [7, 11) is 1.85. The van der Waals surface area contributed by atoms with Gasteiger partial charge in [-0.15, -0.1) is 0 Å². The Balaban J connectivity index is 1.48. The Bertz CT molecular complexity index is 744. The Morgan fingerprint density at radius 3 is 2.88 bits per heavy atom. The predicted octanol–water partition coefficient (Wildman–Crippen LogP) is 2.35. The molecule has 2 aliphatic rings. The van der Waals surface area contributed by atoms with Crippen molar-refractivity contribution in [3.8, 4) is 0 Å². The third-order valence-electron chi connectivity index (χ3n) is 5.04. The second-order valence-corrected chi connectivity index (χ2v) is 7.04. The maximum atomic E-state index is 12.9. The van der Waals surface area contributed by atoms with Gasteiger partial charge in [-0.25, -0.2) is 0 Å². The van der Waals surface area contributed by atoms with E-state index in [2.05, 4.69) is 5.10 Å². The number of rotatable bonds is 3. The van der Waals surface area contributed by atoms with E-state index in [-0.39, 0.29) is 18.1 Å². The zero-order valence-electron chi connectivity index (χ0n) is 14.4. The lowest BCUT2D eigenvalue weighted by Gasteiger charge is -2.39. The molecule has 0 spiro atoms. The summed E-state index contributed by atoms with van der Waals surface area (Å²) < 4.78 is 12.7. The van der Waals surface area contributed by atoms with Crippen LogP contribution in [0.5, 0.6) is 0 Å². The van der Waals surface area contributed by atoms with Gasteiger partial charge in [0.15, 0.2) is 0 Å². The lowest BCUT2D eigenvalue weighted by atomic mass is 9.92. The molecular formula is C18H23N3O3. The van der Waals surface area contributed by atoms with E-state index in [1.807, 2.05) is 31.9 Å². The summed E-state index contributed by atoms with van der Waals surface area (Å²) in [6, 6.07) is 1.99. The van der Waals surface area contributed by atoms with Crippen molar-refractivity contribution in [2.45, 2.75) is 38.9 Å². The highest BCUT2D eigenvalue weighted by molar-refractivity contribution is 5.95. The molecule has 0 N–H and O–H groups in total. The van der Waals surface area contributed by atoms with Crippen LogP contribution in [-0.2, 0) is 24.6 Å². The van der Waals surface area contributed by atoms with E-state index in [9.17, 15) is 4.79 Å². The Kier molecular flexibility index (Phi) is 3.72. The second-order valence-electron chi connectivity index (χ2n) is 7.04. The maximum Gasteiger partial charge on any atom is 0.272 e. The zero-order chi connectivity index (χ0) is 16.8. The molecule has 6 nitrogen and oxygen atoms in total. The van der Waals surface area contributed by atoms with Gasteiger partial charge >= 0.3 is 0 Å². The van der Waals surface area contributed by atoms with Crippen molar-refractivity contribution in [1.82, 2.24) is 14.7 Å². The summed E-state index contributed by atoms with van der Waals surface area (Å²) in [5.74, 6) is 0.604. The average molecular weight is 329 g/mol. The molecule has 2 aliphatic heterocycles. The predicted molar refractivity (Wildman–Crippen MR) is 87.7 cm³/mol. The summed E-state index contributed by atoms with van der Waals surface area (Å²) in [6.45, 7) is 5.64. The first-order valence-electron chi connectivity index (χ1n) is 8.54. The third-order valence-corrected chi connectivity index (χ3v) is 5.04. The Hall–Kier alpha value is -2.08. The van der Waals surface area contributed by atoms with Gasteiger partial charge in [0.1, 0.15) is 5.69 Å². The van der Waals surface area contributed by atoms with E-state index in [1.54, 1.807) is 17.2 Å². The lowest BCUT2D eigenvalue weighted by Crippen LogP contribution is -2.51. The van der Waals surface area contributed by atoms with Crippen LogP contribution in [0, 0.1) is 5.92 Å². The molecule has 2 aromatic rings. The van der Waals surface area contributed by atoms with Crippen LogP contribution >= 0.6 is 0 Å². The van der Waals surface area contributed by atoms with E-state index in [1.165, 1.54) is 5.56 Å². The van der Waals surface area contributed by atoms with Crippen LogP contribution < -0.4 is 0 Å². The second kappa shape index (κ2) is 5.77. The van der Waals surface area contributed by atoms with Crippen LogP contribution in [-0.4, -0.2) is 39.8 Å². The number of ether oxygens (including phenoxy) is 1. The normalized spacial score (nSPS) is 23.9. The molecule has 0 radical (unpaired) electrons. The van der Waals surface area contributed by atoms with Crippen molar-refractivity contribution in [2.75, 3.05) is 13.1 Å². The monoisotopic (exact) mass is 329 g/mol. The first-order valence-corrected chi connectivity index (χ1v) is 8.54. The van der Waals surface area contributed by atoms with Crippen LogP contribution in [0.2, 0.25) is 0 Å². The van der Waals surface area contributed by atoms with Gasteiger partial charge in [0.2, 0.25) is 0 Å². The molecule has 4 heterocycles. The minimum Gasteiger partial charge on any atom is -0.472 e. The van der Waals surface area contributed by atoms with E-state index in [4.69, 9.17) is 9.15 Å². The maximum absolute atomic E-state index is 12.9. The molecule has 1 amide bonds. The number of aryl methyl sites for hydroxylation is 1. The molecule has 24 heavy (non-hydrogen) atoms. The number of amides is 1. The highest BCUT2D eigenvalue weighted by Crippen LogP contribution is 2.32. The topological polar surface area (TPSA) is 60.5 Å². The summed E-state index contributed by atoms with van der Waals surface area (Å²) >= 11 is 0. The molecule has 2 aromatic heterocycles. The van der Waals surface area contributed by atoms with Crippen molar-refractivity contribution >= 4 is 5.91 Å². The van der Waals surface area contributed by atoms with Crippen molar-refractivity contribution in [3.05, 3.63) is 41.1 Å². The Labute approximate surface area is 141 Å². The fraction of sp³-hybridized carbons (Fsp3) is 0.556. The molecular weight excluding hydrogens is 306 g/mol. The first-order chi connectivity index (χ1) is 11.5. The molecule has 0 bridgehead atoms. The van der Waals surface area contributed by atoms with Gasteiger partial charge in [0.05, 0.1) is 30.4 Å². The van der Waals surface area contributed by atoms with Gasteiger partial charge in [0.25, 0.3) is 5.91 Å². The van der Waals surface area contributed by atoms with Gasteiger partial charge in [0, 0.05) is 32.1 Å². The van der Waals surface area contributed by atoms with Gasteiger partial charge in [-0.2, -0.15) is 5.10 Å². The number of carbonyl (C=O) groups is 1. The third kappa shape index (κ3) is 2.55. The molecule has 6 heteroatoms. The minimum atomic E-state index is -0.0540. The molecule has 128 valence electrons. The number of hydrogen-bond acceptors (Lipinski definition) is 4. The number of aromatic nitrogens is 2. The van der Waals surface area contributed by atoms with Crippen molar-refractivity contribution in [3.63, 3.8) is 0 Å². The standard InChI is InChI=1S/C18H23N3O3/c1-11-6-15-16(12(2)24-11)19-20(3)17(15)18(22)21-8-14(9-21)7-13-4-5-23-10-13/h4-5,10-12,14H,6-9H2,1-3H3/t11-,12+/m1/s1. The first kappa shape index (κ1) is 15.4. The number of furan rings is 1. The van der Waals surface area contributed by atoms with Crippen molar-refractivity contribution in [2.24, 2.45) is 13.0 Å². The summed E-state index contributed by atoms with van der Waals surface area (Å²) in [4.78, 5) is 14.9. The SMILES string of the molecule is C[C@@H]1Cc2c(nn(C)c2C(=O)N2CC(Cc3ccoc3)C2)[C@H](C)O1. The van der Waals surface area contributed by atoms with Crippen LogP contribution in [0.3, 0.4) is 0 Å². The van der Waals surface area contributed by atoms with Gasteiger partial charge in [-0.1, -0.05) is 0 Å². The summed E-state index contributed by atoms with van der Waals surface area (Å²) in [5, 5.41) is 4.54. The molecule has 0 aromatic carbocycles. The molecule has 0 saturated carbocycles. The van der Waals surface area contributed by atoms with Crippen LogP contribution in [0.25, 0.3) is 0 Å². The van der Waals surface area contributed by atoms with Crippen LogP contribution in [0.15, 0.2) is 23.0 Å². The van der Waals surface area contributed by atoms with Crippen LogP contribution in [0.4, 0.5) is 0 Å². The highest BCUT2D eigenvalue weighted by Gasteiger charge is 2.37. The Morgan fingerprint density at radius 2 is 2.17 bits per heavy atom. The molecule has 4 rings (SSSR count). The molecule has 0 aliphatic carbocycles. The number of hydrogen-bond donors (Lipinski definition) is 0. The number of fused-ring (bicyclic) bond motifs is 1. The zero-order valence-corrected chi connectivity index (χ0v) is 14.4. The van der Waals surface area contributed by atoms with Crippen molar-refractivity contribution < 1.29 is 13.9 Å². The van der Waals surface area contributed by atoms with E-state index in [0.29, 0.717) is 5.92 Å². The van der Waals surface area contributed by atoms with Gasteiger partial charge in [-0.05, 0) is 37.8 Å². The molecule has 1 saturated heterocycles. The highest BCUT2D eigenvalue weighted by atomic mass is 16.5. The quantitative estimate of drug-likeness (QED) is 0.867. The average Bonchev–Trinajstić information content (AvgIpc) is 3.09. The fourth-order valence-corrected chi connectivity index (χ4v) is 3.89. The van der Waals surface area contributed by atoms with E-state index in [0.717, 1.165) is 42.9 Å². The number of nitrogens with zero attached hydrogens (tertiary/aromatic N) is 3. The summed E-state index contributed by atoms with van der Waals surface area (Å²) in [6.07, 6.45) is 5.26. The van der Waals surface area contributed by atoms with Crippen molar-refractivity contribution in [1.29, 1.82) is 0 Å². The number of carbonyl (C=O) groups excluding carboxylic acids is 1. The van der Waals surface area contributed by atoms with Crippen LogP contribution in [0.1, 0.15) is 47.3 Å². The minimum absolute atomic E-state index is 0.0540. The number of likely N-dealkylation sites (tertiary alicyclic amines) is 1. The van der Waals surface area contributed by atoms with Gasteiger partial charge < -0.3 is 14.1 Å². The molecule has 0 unspecified atom stereocenters. The largest absolute Gasteiger partial charge is 0.472 e. The van der Waals surface area contributed by atoms with E-state index < -0.39 is 0 Å². The Morgan fingerprint density at radius 1 is 1.38 bits per heavy atom.